The van der Waals surface area contributed by atoms with E-state index in [2.05, 4.69) is 0 Å². The summed E-state index contributed by atoms with van der Waals surface area (Å²) in [5, 5.41) is -0.0885. The lowest BCUT2D eigenvalue weighted by atomic mass is 9.97. The van der Waals surface area contributed by atoms with Crippen LogP contribution in [0.25, 0.3) is 0 Å². The van der Waals surface area contributed by atoms with E-state index in [1.807, 2.05) is 0 Å². The molecule has 80 valence electrons. The highest BCUT2D eigenvalue weighted by Crippen LogP contribution is 2.25. The summed E-state index contributed by atoms with van der Waals surface area (Å²) < 4.78 is 18.2. The normalized spacial score (nSPS) is 20.5. The Kier molecular flexibility index (Phi) is 3.03. The van der Waals surface area contributed by atoms with Crippen molar-refractivity contribution in [2.45, 2.75) is 6.42 Å². The molecule has 1 saturated heterocycles. The summed E-state index contributed by atoms with van der Waals surface area (Å²) in [5.41, 5.74) is 0.257. The summed E-state index contributed by atoms with van der Waals surface area (Å²) in [5.74, 6) is -0.859. The number of hydrogen-bond acceptors (Lipinski definition) is 2. The molecule has 0 spiro atoms. The van der Waals surface area contributed by atoms with E-state index in [0.717, 1.165) is 0 Å². The lowest BCUT2D eigenvalue weighted by Gasteiger charge is -2.08. The van der Waals surface area contributed by atoms with Gasteiger partial charge in [0.1, 0.15) is 5.82 Å². The van der Waals surface area contributed by atoms with Crippen molar-refractivity contribution < 1.29 is 13.9 Å². The maximum atomic E-state index is 13.1. The molecule has 1 fully saturated rings. The second-order valence-corrected chi connectivity index (χ2v) is 3.90. The van der Waals surface area contributed by atoms with E-state index in [4.69, 9.17) is 16.3 Å². The number of carbonyl (C=O) groups excluding carboxylic acids is 1. The van der Waals surface area contributed by atoms with Gasteiger partial charge < -0.3 is 4.74 Å². The van der Waals surface area contributed by atoms with Gasteiger partial charge in [-0.05, 0) is 18.6 Å². The van der Waals surface area contributed by atoms with E-state index in [9.17, 15) is 9.18 Å². The first kappa shape index (κ1) is 10.6. The lowest BCUT2D eigenvalue weighted by Crippen LogP contribution is -2.15. The Morgan fingerprint density at radius 3 is 3.00 bits per heavy atom. The summed E-state index contributed by atoms with van der Waals surface area (Å²) in [4.78, 5) is 11.9. The third kappa shape index (κ3) is 2.03. The van der Waals surface area contributed by atoms with Crippen LogP contribution < -0.4 is 0 Å². The lowest BCUT2D eigenvalue weighted by molar-refractivity contribution is 0.0900. The molecule has 2 rings (SSSR count). The van der Waals surface area contributed by atoms with Crippen LogP contribution in [0.2, 0.25) is 5.02 Å². The number of hydrogen-bond donors (Lipinski definition) is 0. The van der Waals surface area contributed by atoms with Crippen LogP contribution in [0.3, 0.4) is 0 Å². The molecule has 1 aromatic carbocycles. The van der Waals surface area contributed by atoms with Crippen molar-refractivity contribution in [3.63, 3.8) is 0 Å². The third-order valence-corrected chi connectivity index (χ3v) is 2.90. The van der Waals surface area contributed by atoms with E-state index in [-0.39, 0.29) is 22.3 Å². The number of Topliss-reactive ketones (excluding diaryl/α,β-unsaturated/α-hetero) is 1. The number of benzene rings is 1. The van der Waals surface area contributed by atoms with Crippen LogP contribution in [0.1, 0.15) is 16.8 Å². The Morgan fingerprint density at radius 2 is 2.33 bits per heavy atom. The summed E-state index contributed by atoms with van der Waals surface area (Å²) in [6.07, 6.45) is 0.686. The van der Waals surface area contributed by atoms with Gasteiger partial charge in [0.05, 0.1) is 11.6 Å². The summed E-state index contributed by atoms with van der Waals surface area (Å²) in [6, 6.07) is 4.28. The Labute approximate surface area is 92.0 Å². The van der Waals surface area contributed by atoms with Crippen LogP contribution in [-0.4, -0.2) is 19.0 Å². The third-order valence-electron chi connectivity index (χ3n) is 2.52. The molecule has 15 heavy (non-hydrogen) atoms. The average molecular weight is 229 g/mol. The summed E-state index contributed by atoms with van der Waals surface area (Å²) in [7, 11) is 0. The SMILES string of the molecule is O=C(c1cccc(F)c1Cl)C1CCOC1. The van der Waals surface area contributed by atoms with Crippen LogP contribution in [0.15, 0.2) is 18.2 Å². The van der Waals surface area contributed by atoms with Gasteiger partial charge in [0, 0.05) is 18.1 Å². The molecule has 1 heterocycles. The fraction of sp³-hybridized carbons (Fsp3) is 0.364. The molecule has 1 aliphatic heterocycles. The molecule has 1 aromatic rings. The molecule has 0 aliphatic carbocycles. The van der Waals surface area contributed by atoms with Crippen LogP contribution >= 0.6 is 11.6 Å². The average Bonchev–Trinajstić information content (AvgIpc) is 2.74. The molecule has 0 aromatic heterocycles. The summed E-state index contributed by atoms with van der Waals surface area (Å²) in [6.45, 7) is 0.995. The first-order valence-electron chi connectivity index (χ1n) is 4.76. The number of carbonyl (C=O) groups is 1. The highest BCUT2D eigenvalue weighted by atomic mass is 35.5. The molecule has 0 amide bonds. The van der Waals surface area contributed by atoms with E-state index < -0.39 is 5.82 Å². The topological polar surface area (TPSA) is 26.3 Å². The number of halogens is 2. The van der Waals surface area contributed by atoms with Crippen molar-refractivity contribution in [1.82, 2.24) is 0 Å². The molecule has 4 heteroatoms. The Balaban J connectivity index is 2.28. The maximum Gasteiger partial charge on any atom is 0.169 e. The predicted octanol–water partition coefficient (Wildman–Crippen LogP) is 2.70. The number of ketones is 1. The molecule has 2 nitrogen and oxygen atoms in total. The minimum atomic E-state index is -0.554. The van der Waals surface area contributed by atoms with Crippen molar-refractivity contribution in [2.75, 3.05) is 13.2 Å². The van der Waals surface area contributed by atoms with Crippen molar-refractivity contribution in [3.05, 3.63) is 34.6 Å². The van der Waals surface area contributed by atoms with E-state index in [1.165, 1.54) is 12.1 Å². The minimum absolute atomic E-state index is 0.0885. The number of rotatable bonds is 2. The van der Waals surface area contributed by atoms with Gasteiger partial charge >= 0.3 is 0 Å². The van der Waals surface area contributed by atoms with Gasteiger partial charge in [-0.3, -0.25) is 4.79 Å². The van der Waals surface area contributed by atoms with Crippen LogP contribution in [0, 0.1) is 11.7 Å². The summed E-state index contributed by atoms with van der Waals surface area (Å²) >= 11 is 5.73. The van der Waals surface area contributed by atoms with Gasteiger partial charge in [0.2, 0.25) is 0 Å². The molecule has 1 unspecified atom stereocenters. The molecular weight excluding hydrogens is 219 g/mol. The molecular formula is C11H10ClFO2. The van der Waals surface area contributed by atoms with Gasteiger partial charge in [0.15, 0.2) is 5.78 Å². The minimum Gasteiger partial charge on any atom is -0.381 e. The molecule has 0 bridgehead atoms. The van der Waals surface area contributed by atoms with Gasteiger partial charge in [-0.2, -0.15) is 0 Å². The second-order valence-electron chi connectivity index (χ2n) is 3.53. The molecule has 0 radical (unpaired) electrons. The smallest absolute Gasteiger partial charge is 0.169 e. The fourth-order valence-electron chi connectivity index (χ4n) is 1.66. The first-order valence-corrected chi connectivity index (χ1v) is 5.14. The molecule has 0 saturated carbocycles. The zero-order chi connectivity index (χ0) is 10.8. The molecule has 0 N–H and O–H groups in total. The van der Waals surface area contributed by atoms with Gasteiger partial charge in [-0.15, -0.1) is 0 Å². The highest BCUT2D eigenvalue weighted by molar-refractivity contribution is 6.34. The van der Waals surface area contributed by atoms with Crippen LogP contribution in [-0.2, 0) is 4.74 Å². The maximum absolute atomic E-state index is 13.1. The van der Waals surface area contributed by atoms with Crippen molar-refractivity contribution in [2.24, 2.45) is 5.92 Å². The zero-order valence-electron chi connectivity index (χ0n) is 8.00. The van der Waals surface area contributed by atoms with Crippen LogP contribution in [0.5, 0.6) is 0 Å². The van der Waals surface area contributed by atoms with Crippen molar-refractivity contribution in [1.29, 1.82) is 0 Å². The van der Waals surface area contributed by atoms with Gasteiger partial charge in [-0.1, -0.05) is 17.7 Å². The van der Waals surface area contributed by atoms with Gasteiger partial charge in [0.25, 0.3) is 0 Å². The monoisotopic (exact) mass is 228 g/mol. The van der Waals surface area contributed by atoms with Crippen molar-refractivity contribution >= 4 is 17.4 Å². The fourth-order valence-corrected chi connectivity index (χ4v) is 1.87. The molecule has 1 aliphatic rings. The Bertz CT molecular complexity index is 386. The highest BCUT2D eigenvalue weighted by Gasteiger charge is 2.26. The van der Waals surface area contributed by atoms with Gasteiger partial charge in [-0.25, -0.2) is 4.39 Å². The van der Waals surface area contributed by atoms with E-state index >= 15 is 0 Å². The second kappa shape index (κ2) is 4.29. The predicted molar refractivity (Wildman–Crippen MR) is 54.7 cm³/mol. The first-order chi connectivity index (χ1) is 7.20. The quantitative estimate of drug-likeness (QED) is 0.728. The van der Waals surface area contributed by atoms with Crippen LogP contribution in [0.4, 0.5) is 4.39 Å². The Hall–Kier alpha value is -0.930. The van der Waals surface area contributed by atoms with E-state index in [1.54, 1.807) is 6.07 Å². The van der Waals surface area contributed by atoms with Crippen molar-refractivity contribution in [3.8, 4) is 0 Å². The molecule has 1 atom stereocenters. The standard InChI is InChI=1S/C11H10ClFO2/c12-10-8(2-1-3-9(10)13)11(14)7-4-5-15-6-7/h1-3,7H,4-6H2. The zero-order valence-corrected chi connectivity index (χ0v) is 8.76. The Morgan fingerprint density at radius 1 is 1.53 bits per heavy atom. The van der Waals surface area contributed by atoms with E-state index in [0.29, 0.717) is 19.6 Å². The number of ether oxygens (including phenoxy) is 1. The largest absolute Gasteiger partial charge is 0.381 e.